The molecule has 0 fully saturated rings. The Labute approximate surface area is 186 Å². The molecular weight excluding hydrogens is 426 g/mol. The molecule has 0 spiro atoms. The van der Waals surface area contributed by atoms with E-state index in [0.717, 1.165) is 5.56 Å². The molecule has 32 heavy (non-hydrogen) atoms. The number of anilines is 2. The fraction of sp³-hybridized carbons (Fsp3) is 0.167. The zero-order valence-electron chi connectivity index (χ0n) is 17.6. The molecule has 3 aromatic rings. The molecule has 4 rings (SSSR count). The van der Waals surface area contributed by atoms with Gasteiger partial charge < -0.3 is 5.32 Å². The van der Waals surface area contributed by atoms with Crippen LogP contribution in [0.2, 0.25) is 0 Å². The molecule has 1 heterocycles. The second-order valence-corrected chi connectivity index (χ2v) is 9.54. The molecule has 0 saturated heterocycles. The topological polar surface area (TPSA) is 110 Å². The number of nitrogens with zero attached hydrogens (tertiary/aromatic N) is 1. The highest BCUT2D eigenvalue weighted by Crippen LogP contribution is 2.40. The Morgan fingerprint density at radius 2 is 1.66 bits per heavy atom. The van der Waals surface area contributed by atoms with Crippen molar-refractivity contribution < 1.29 is 18.0 Å². The second kappa shape index (κ2) is 8.22. The average Bonchev–Trinajstić information content (AvgIpc) is 2.77. The molecule has 0 radical (unpaired) electrons. The van der Waals surface area contributed by atoms with Crippen molar-refractivity contribution in [2.45, 2.75) is 30.7 Å². The van der Waals surface area contributed by atoms with E-state index in [2.05, 4.69) is 19.2 Å². The maximum absolute atomic E-state index is 13.7. The van der Waals surface area contributed by atoms with E-state index in [-0.39, 0.29) is 16.5 Å². The van der Waals surface area contributed by atoms with Crippen molar-refractivity contribution in [3.8, 4) is 0 Å². The number of carbonyl (C=O) groups is 2. The normalized spacial score (nSPS) is 15.9. The number of sulfonamides is 1. The van der Waals surface area contributed by atoms with Gasteiger partial charge in [-0.3, -0.25) is 14.5 Å². The van der Waals surface area contributed by atoms with Crippen LogP contribution in [0.25, 0.3) is 0 Å². The molecule has 1 atom stereocenters. The summed E-state index contributed by atoms with van der Waals surface area (Å²) in [7, 11) is -3.98. The third-order valence-electron chi connectivity index (χ3n) is 5.48. The molecule has 0 saturated carbocycles. The predicted octanol–water partition coefficient (Wildman–Crippen LogP) is 3.80. The van der Waals surface area contributed by atoms with Gasteiger partial charge in [0.15, 0.2) is 0 Å². The van der Waals surface area contributed by atoms with Crippen LogP contribution in [0, 0.1) is 0 Å². The van der Waals surface area contributed by atoms with E-state index in [1.807, 2.05) is 18.2 Å². The maximum Gasteiger partial charge on any atom is 0.259 e. The number of amides is 2. The van der Waals surface area contributed by atoms with Gasteiger partial charge in [0.05, 0.1) is 16.3 Å². The van der Waals surface area contributed by atoms with Crippen molar-refractivity contribution >= 4 is 33.2 Å². The van der Waals surface area contributed by atoms with Crippen molar-refractivity contribution in [1.29, 1.82) is 0 Å². The van der Waals surface area contributed by atoms with Gasteiger partial charge in [0.1, 0.15) is 6.04 Å². The van der Waals surface area contributed by atoms with Crippen LogP contribution in [-0.4, -0.2) is 20.2 Å². The van der Waals surface area contributed by atoms with E-state index in [1.54, 1.807) is 36.4 Å². The molecule has 164 valence electrons. The van der Waals surface area contributed by atoms with Gasteiger partial charge in [0, 0.05) is 5.56 Å². The van der Waals surface area contributed by atoms with Crippen LogP contribution >= 0.6 is 0 Å². The van der Waals surface area contributed by atoms with Crippen molar-refractivity contribution in [2.24, 2.45) is 5.14 Å². The Morgan fingerprint density at radius 1 is 1.00 bits per heavy atom. The average molecular weight is 450 g/mol. The molecule has 1 unspecified atom stereocenters. The van der Waals surface area contributed by atoms with Crippen molar-refractivity contribution in [1.82, 2.24) is 0 Å². The molecule has 2 amide bonds. The summed E-state index contributed by atoms with van der Waals surface area (Å²) in [6.45, 7) is 4.13. The number of carbonyl (C=O) groups excluding carboxylic acids is 2. The van der Waals surface area contributed by atoms with Gasteiger partial charge in [-0.05, 0) is 47.4 Å². The van der Waals surface area contributed by atoms with Crippen molar-refractivity contribution in [3.63, 3.8) is 0 Å². The van der Waals surface area contributed by atoms with Crippen LogP contribution in [0.3, 0.4) is 0 Å². The minimum atomic E-state index is -3.98. The number of fused-ring (bicyclic) bond motifs is 1. The summed E-state index contributed by atoms with van der Waals surface area (Å²) < 4.78 is 23.6. The SMILES string of the molecule is CC(C)c1ccc(C(=O)N2c3ccc(S(N)(=O)=O)cc3NC(=O)C2c2ccccc2)cc1. The number of hydrogen-bond donors (Lipinski definition) is 2. The van der Waals surface area contributed by atoms with Gasteiger partial charge in [-0.1, -0.05) is 56.3 Å². The lowest BCUT2D eigenvalue weighted by Gasteiger charge is -2.37. The van der Waals surface area contributed by atoms with Gasteiger partial charge in [0.25, 0.3) is 11.8 Å². The number of nitrogens with one attached hydrogen (secondary N) is 1. The van der Waals surface area contributed by atoms with Gasteiger partial charge in [-0.2, -0.15) is 0 Å². The summed E-state index contributed by atoms with van der Waals surface area (Å²) in [5.74, 6) is -0.495. The summed E-state index contributed by atoms with van der Waals surface area (Å²) in [6.07, 6.45) is 0. The highest BCUT2D eigenvalue weighted by molar-refractivity contribution is 7.89. The molecule has 0 bridgehead atoms. The molecule has 3 N–H and O–H groups in total. The lowest BCUT2D eigenvalue weighted by molar-refractivity contribution is -0.117. The standard InChI is InChI=1S/C24H23N3O4S/c1-15(2)16-8-10-18(11-9-16)24(29)27-21-13-12-19(32(25,30)31)14-20(21)26-23(28)22(27)17-6-4-3-5-7-17/h3-15,22H,1-2H3,(H,26,28)(H2,25,30,31). The minimum Gasteiger partial charge on any atom is -0.322 e. The van der Waals surface area contributed by atoms with E-state index >= 15 is 0 Å². The van der Waals surface area contributed by atoms with E-state index in [0.29, 0.717) is 22.7 Å². The summed E-state index contributed by atoms with van der Waals surface area (Å²) in [6, 6.07) is 19.4. The molecular formula is C24H23N3O4S. The van der Waals surface area contributed by atoms with E-state index in [1.165, 1.54) is 23.1 Å². The smallest absolute Gasteiger partial charge is 0.259 e. The monoisotopic (exact) mass is 449 g/mol. The Hall–Kier alpha value is -3.49. The lowest BCUT2D eigenvalue weighted by Crippen LogP contribution is -2.45. The van der Waals surface area contributed by atoms with Crippen LogP contribution in [0.15, 0.2) is 77.7 Å². The first-order chi connectivity index (χ1) is 15.2. The lowest BCUT2D eigenvalue weighted by atomic mass is 9.97. The minimum absolute atomic E-state index is 0.150. The first-order valence-electron chi connectivity index (χ1n) is 10.1. The summed E-state index contributed by atoms with van der Waals surface area (Å²) in [5, 5.41) is 7.97. The van der Waals surface area contributed by atoms with E-state index < -0.39 is 22.0 Å². The number of rotatable bonds is 4. The third kappa shape index (κ3) is 4.02. The number of benzene rings is 3. The largest absolute Gasteiger partial charge is 0.322 e. The molecule has 8 heteroatoms. The molecule has 1 aliphatic heterocycles. The summed E-state index contributed by atoms with van der Waals surface area (Å²) in [4.78, 5) is 28.0. The number of nitrogens with two attached hydrogens (primary N) is 1. The first-order valence-corrected chi connectivity index (χ1v) is 11.7. The second-order valence-electron chi connectivity index (χ2n) is 7.98. The highest BCUT2D eigenvalue weighted by atomic mass is 32.2. The Bertz CT molecular complexity index is 1290. The molecule has 0 aliphatic carbocycles. The molecule has 3 aromatic carbocycles. The Balaban J connectivity index is 1.86. The van der Waals surface area contributed by atoms with Crippen LogP contribution in [0.4, 0.5) is 11.4 Å². The van der Waals surface area contributed by atoms with Crippen LogP contribution < -0.4 is 15.4 Å². The number of hydrogen-bond acceptors (Lipinski definition) is 4. The molecule has 7 nitrogen and oxygen atoms in total. The Kier molecular flexibility index (Phi) is 5.58. The van der Waals surface area contributed by atoms with Gasteiger partial charge in [-0.25, -0.2) is 13.6 Å². The van der Waals surface area contributed by atoms with E-state index in [4.69, 9.17) is 5.14 Å². The van der Waals surface area contributed by atoms with Gasteiger partial charge in [-0.15, -0.1) is 0 Å². The Morgan fingerprint density at radius 3 is 2.25 bits per heavy atom. The zero-order chi connectivity index (χ0) is 23.0. The summed E-state index contributed by atoms with van der Waals surface area (Å²) >= 11 is 0. The van der Waals surface area contributed by atoms with Crippen LogP contribution in [-0.2, 0) is 14.8 Å². The molecule has 0 aromatic heterocycles. The molecule has 1 aliphatic rings. The maximum atomic E-state index is 13.7. The first kappa shape index (κ1) is 21.7. The fourth-order valence-electron chi connectivity index (χ4n) is 3.77. The van der Waals surface area contributed by atoms with Crippen molar-refractivity contribution in [3.05, 3.63) is 89.5 Å². The summed E-state index contributed by atoms with van der Waals surface area (Å²) in [5.41, 5.74) is 2.75. The van der Waals surface area contributed by atoms with E-state index in [9.17, 15) is 18.0 Å². The van der Waals surface area contributed by atoms with Gasteiger partial charge >= 0.3 is 0 Å². The fourth-order valence-corrected chi connectivity index (χ4v) is 4.31. The predicted molar refractivity (Wildman–Crippen MR) is 123 cm³/mol. The van der Waals surface area contributed by atoms with Crippen LogP contribution in [0.5, 0.6) is 0 Å². The third-order valence-corrected chi connectivity index (χ3v) is 6.39. The van der Waals surface area contributed by atoms with Crippen LogP contribution in [0.1, 0.15) is 47.3 Å². The highest BCUT2D eigenvalue weighted by Gasteiger charge is 2.38. The zero-order valence-corrected chi connectivity index (χ0v) is 18.5. The number of primary sulfonamides is 1. The quantitative estimate of drug-likeness (QED) is 0.631. The van der Waals surface area contributed by atoms with Crippen molar-refractivity contribution in [2.75, 3.05) is 10.2 Å². The van der Waals surface area contributed by atoms with Gasteiger partial charge in [0.2, 0.25) is 10.0 Å².